The highest BCUT2D eigenvalue weighted by Gasteiger charge is 2.15. The van der Waals surface area contributed by atoms with Crippen LogP contribution >= 0.6 is 11.6 Å². The van der Waals surface area contributed by atoms with Crippen LogP contribution in [0.1, 0.15) is 21.7 Å². The van der Waals surface area contributed by atoms with Crippen LogP contribution in [0.25, 0.3) is 0 Å². The highest BCUT2D eigenvalue weighted by Crippen LogP contribution is 2.21. The number of anilines is 1. The fourth-order valence-electron chi connectivity index (χ4n) is 2.08. The van der Waals surface area contributed by atoms with Crippen LogP contribution < -0.4 is 10.1 Å². The van der Waals surface area contributed by atoms with E-state index >= 15 is 0 Å². The van der Waals surface area contributed by atoms with Gasteiger partial charge in [0, 0.05) is 10.7 Å². The molecular weight excluding hydrogens is 328 g/mol. The average molecular weight is 343 g/mol. The second-order valence-electron chi connectivity index (χ2n) is 5.22. The zero-order valence-electron chi connectivity index (χ0n) is 13.0. The van der Waals surface area contributed by atoms with E-state index in [9.17, 15) is 4.79 Å². The van der Waals surface area contributed by atoms with E-state index in [4.69, 9.17) is 20.9 Å². The zero-order chi connectivity index (χ0) is 16.9. The minimum absolute atomic E-state index is 0.0671. The summed E-state index contributed by atoms with van der Waals surface area (Å²) >= 11 is 5.94. The molecule has 5 nitrogen and oxygen atoms in total. The van der Waals surface area contributed by atoms with Crippen LogP contribution in [0.2, 0.25) is 5.02 Å². The largest absolute Gasteiger partial charge is 0.471 e. The number of carbonyl (C=O) groups excluding carboxylic acids is 1. The van der Waals surface area contributed by atoms with E-state index in [1.54, 1.807) is 12.1 Å². The van der Waals surface area contributed by atoms with Crippen molar-refractivity contribution in [3.05, 3.63) is 76.5 Å². The average Bonchev–Trinajstić information content (AvgIpc) is 3.06. The van der Waals surface area contributed by atoms with Gasteiger partial charge in [0.05, 0.1) is 6.07 Å². The Hall–Kier alpha value is -2.79. The van der Waals surface area contributed by atoms with Crippen molar-refractivity contribution < 1.29 is 14.1 Å². The van der Waals surface area contributed by atoms with E-state index < -0.39 is 5.91 Å². The van der Waals surface area contributed by atoms with E-state index in [1.807, 2.05) is 43.3 Å². The fraction of sp³-hybridized carbons (Fsp3) is 0.111. The molecule has 0 aliphatic carbocycles. The molecule has 0 saturated heterocycles. The van der Waals surface area contributed by atoms with Gasteiger partial charge in [-0.1, -0.05) is 48.0 Å². The predicted molar refractivity (Wildman–Crippen MR) is 91.4 cm³/mol. The third kappa shape index (κ3) is 3.94. The molecule has 1 aromatic heterocycles. The molecule has 0 atom stereocenters. The fourth-order valence-corrected chi connectivity index (χ4v) is 2.25. The van der Waals surface area contributed by atoms with Crippen molar-refractivity contribution in [2.24, 2.45) is 0 Å². The molecule has 0 radical (unpaired) electrons. The lowest BCUT2D eigenvalue weighted by molar-refractivity contribution is 0.0987. The first kappa shape index (κ1) is 16.1. The van der Waals surface area contributed by atoms with Crippen molar-refractivity contribution in [1.82, 2.24) is 5.16 Å². The number of hydrogen-bond acceptors (Lipinski definition) is 4. The summed E-state index contributed by atoms with van der Waals surface area (Å²) in [5, 5.41) is 7.03. The van der Waals surface area contributed by atoms with Gasteiger partial charge in [-0.05, 0) is 35.3 Å². The molecule has 1 heterocycles. The van der Waals surface area contributed by atoms with Crippen LogP contribution in [0.15, 0.2) is 59.1 Å². The summed E-state index contributed by atoms with van der Waals surface area (Å²) in [4.78, 5) is 12.2. The lowest BCUT2D eigenvalue weighted by atomic mass is 10.2. The van der Waals surface area contributed by atoms with Gasteiger partial charge < -0.3 is 14.6 Å². The standard InChI is InChI=1S/C18H15ClN2O3/c1-12-7-8-14(19)9-15(12)20-18(22)16-10-17(21-24-16)23-11-13-5-3-2-4-6-13/h2-10H,11H2,1H3,(H,20,22). The molecule has 0 bridgehead atoms. The summed E-state index contributed by atoms with van der Waals surface area (Å²) in [6, 6.07) is 16.4. The minimum Gasteiger partial charge on any atom is -0.471 e. The summed E-state index contributed by atoms with van der Waals surface area (Å²) in [7, 11) is 0. The Balaban J connectivity index is 1.64. The predicted octanol–water partition coefficient (Wildman–Crippen LogP) is 4.47. The smallest absolute Gasteiger partial charge is 0.294 e. The number of hydrogen-bond donors (Lipinski definition) is 1. The Morgan fingerprint density at radius 3 is 2.79 bits per heavy atom. The molecule has 0 aliphatic rings. The third-order valence-corrected chi connectivity index (χ3v) is 3.62. The molecule has 3 rings (SSSR count). The van der Waals surface area contributed by atoms with Crippen molar-refractivity contribution in [2.75, 3.05) is 5.32 Å². The summed E-state index contributed by atoms with van der Waals surface area (Å²) in [6.45, 7) is 2.22. The molecule has 1 N–H and O–H groups in total. The summed E-state index contributed by atoms with van der Waals surface area (Å²) in [6.07, 6.45) is 0. The molecule has 0 fully saturated rings. The number of ether oxygens (including phenoxy) is 1. The molecule has 6 heteroatoms. The normalized spacial score (nSPS) is 10.4. The monoisotopic (exact) mass is 342 g/mol. The molecule has 0 saturated carbocycles. The maximum atomic E-state index is 12.2. The number of rotatable bonds is 5. The van der Waals surface area contributed by atoms with Gasteiger partial charge in [0.2, 0.25) is 5.76 Å². The van der Waals surface area contributed by atoms with Gasteiger partial charge in [-0.2, -0.15) is 0 Å². The van der Waals surface area contributed by atoms with E-state index in [1.165, 1.54) is 6.07 Å². The molecular formula is C18H15ClN2O3. The van der Waals surface area contributed by atoms with Gasteiger partial charge >= 0.3 is 0 Å². The van der Waals surface area contributed by atoms with Gasteiger partial charge in [-0.15, -0.1) is 0 Å². The van der Waals surface area contributed by atoms with E-state index in [0.717, 1.165) is 11.1 Å². The minimum atomic E-state index is -0.414. The first-order valence-electron chi connectivity index (χ1n) is 7.33. The van der Waals surface area contributed by atoms with Crippen molar-refractivity contribution in [1.29, 1.82) is 0 Å². The lowest BCUT2D eigenvalue weighted by Crippen LogP contribution is -2.11. The van der Waals surface area contributed by atoms with Crippen molar-refractivity contribution >= 4 is 23.2 Å². The van der Waals surface area contributed by atoms with E-state index in [0.29, 0.717) is 17.3 Å². The quantitative estimate of drug-likeness (QED) is 0.743. The van der Waals surface area contributed by atoms with Crippen LogP contribution in [-0.4, -0.2) is 11.1 Å². The van der Waals surface area contributed by atoms with Crippen molar-refractivity contribution in [3.63, 3.8) is 0 Å². The van der Waals surface area contributed by atoms with Gasteiger partial charge in [0.15, 0.2) is 0 Å². The summed E-state index contributed by atoms with van der Waals surface area (Å²) in [5.74, 6) is -0.0910. The van der Waals surface area contributed by atoms with Crippen LogP contribution in [-0.2, 0) is 6.61 Å². The van der Waals surface area contributed by atoms with Gasteiger partial charge in [0.1, 0.15) is 6.61 Å². The van der Waals surface area contributed by atoms with Crippen LogP contribution in [0.5, 0.6) is 5.88 Å². The van der Waals surface area contributed by atoms with Crippen molar-refractivity contribution in [3.8, 4) is 5.88 Å². The first-order chi connectivity index (χ1) is 11.6. The molecule has 1 amide bonds. The van der Waals surface area contributed by atoms with Crippen LogP contribution in [0.4, 0.5) is 5.69 Å². The maximum absolute atomic E-state index is 12.2. The van der Waals surface area contributed by atoms with Gasteiger partial charge in [0.25, 0.3) is 11.8 Å². The molecule has 24 heavy (non-hydrogen) atoms. The number of carbonyl (C=O) groups is 1. The third-order valence-electron chi connectivity index (χ3n) is 3.39. The van der Waals surface area contributed by atoms with Gasteiger partial charge in [-0.25, -0.2) is 0 Å². The second-order valence-corrected chi connectivity index (χ2v) is 5.65. The number of nitrogens with one attached hydrogen (secondary N) is 1. The summed E-state index contributed by atoms with van der Waals surface area (Å²) < 4.78 is 10.5. The lowest BCUT2D eigenvalue weighted by Gasteiger charge is -2.06. The zero-order valence-corrected chi connectivity index (χ0v) is 13.7. The molecule has 0 aliphatic heterocycles. The highest BCUT2D eigenvalue weighted by atomic mass is 35.5. The van der Waals surface area contributed by atoms with Gasteiger partial charge in [-0.3, -0.25) is 4.79 Å². The molecule has 122 valence electrons. The first-order valence-corrected chi connectivity index (χ1v) is 7.70. The van der Waals surface area contributed by atoms with E-state index in [-0.39, 0.29) is 11.6 Å². The Morgan fingerprint density at radius 2 is 2.00 bits per heavy atom. The van der Waals surface area contributed by atoms with Crippen LogP contribution in [0, 0.1) is 6.92 Å². The molecule has 3 aromatic rings. The SMILES string of the molecule is Cc1ccc(Cl)cc1NC(=O)c1cc(OCc2ccccc2)no1. The second kappa shape index (κ2) is 7.19. The maximum Gasteiger partial charge on any atom is 0.294 e. The Bertz CT molecular complexity index is 846. The van der Waals surface area contributed by atoms with E-state index in [2.05, 4.69) is 10.5 Å². The number of amides is 1. The number of aryl methyl sites for hydroxylation is 1. The molecule has 0 spiro atoms. The Morgan fingerprint density at radius 1 is 1.21 bits per heavy atom. The topological polar surface area (TPSA) is 64.4 Å². The number of halogens is 1. The number of benzene rings is 2. The number of aromatic nitrogens is 1. The Kier molecular flexibility index (Phi) is 4.82. The van der Waals surface area contributed by atoms with Crippen LogP contribution in [0.3, 0.4) is 0 Å². The molecule has 0 unspecified atom stereocenters. The molecule has 2 aromatic carbocycles. The summed E-state index contributed by atoms with van der Waals surface area (Å²) in [5.41, 5.74) is 2.52. The van der Waals surface area contributed by atoms with Crippen molar-refractivity contribution in [2.45, 2.75) is 13.5 Å². The highest BCUT2D eigenvalue weighted by molar-refractivity contribution is 6.31. The Labute approximate surface area is 144 Å². The number of nitrogens with zero attached hydrogens (tertiary/aromatic N) is 1.